The first kappa shape index (κ1) is 9.73. The van der Waals surface area contributed by atoms with Crippen molar-refractivity contribution in [1.82, 2.24) is 15.5 Å². The van der Waals surface area contributed by atoms with E-state index in [2.05, 4.69) is 15.5 Å². The lowest BCUT2D eigenvalue weighted by Gasteiger charge is -2.03. The van der Waals surface area contributed by atoms with E-state index in [0.717, 1.165) is 24.3 Å². The number of hydrogen-bond acceptors (Lipinski definition) is 3. The predicted octanol–water partition coefficient (Wildman–Crippen LogP) is 1.41. The molecular weight excluding hydrogens is 190 g/mol. The number of nitrogens with one attached hydrogen (secondary N) is 2. The number of aromatic amines is 1. The molecule has 0 spiro atoms. The van der Waals surface area contributed by atoms with Crippen LogP contribution in [0.4, 0.5) is 0 Å². The minimum Gasteiger partial charge on any atom is -0.508 e. The number of phenolic OH excluding ortho intramolecular Hbond substituents is 1. The van der Waals surface area contributed by atoms with Crippen LogP contribution in [0.2, 0.25) is 0 Å². The summed E-state index contributed by atoms with van der Waals surface area (Å²) in [6.07, 6.45) is 1.73. The van der Waals surface area contributed by atoms with Crippen molar-refractivity contribution in [3.8, 4) is 5.75 Å². The van der Waals surface area contributed by atoms with E-state index in [4.69, 9.17) is 5.11 Å². The summed E-state index contributed by atoms with van der Waals surface area (Å²) in [6, 6.07) is 9.11. The molecular formula is C11H13N3O. The van der Waals surface area contributed by atoms with E-state index in [0.29, 0.717) is 5.75 Å². The summed E-state index contributed by atoms with van der Waals surface area (Å²) < 4.78 is 0. The zero-order valence-corrected chi connectivity index (χ0v) is 8.27. The Bertz CT molecular complexity index is 394. The molecule has 0 atom stereocenters. The minimum absolute atomic E-state index is 0.298. The maximum atomic E-state index is 9.10. The van der Waals surface area contributed by atoms with Gasteiger partial charge < -0.3 is 10.4 Å². The molecule has 0 unspecified atom stereocenters. The number of aromatic nitrogens is 2. The number of nitrogens with zero attached hydrogens (tertiary/aromatic N) is 1. The second-order valence-electron chi connectivity index (χ2n) is 3.35. The van der Waals surface area contributed by atoms with E-state index in [-0.39, 0.29) is 0 Å². The summed E-state index contributed by atoms with van der Waals surface area (Å²) in [5.74, 6) is 0.298. The van der Waals surface area contributed by atoms with Gasteiger partial charge in [-0.15, -0.1) is 0 Å². The fourth-order valence-electron chi connectivity index (χ4n) is 1.34. The van der Waals surface area contributed by atoms with Crippen LogP contribution in [-0.4, -0.2) is 15.3 Å². The molecule has 2 aromatic rings. The molecule has 78 valence electrons. The van der Waals surface area contributed by atoms with Gasteiger partial charge in [-0.05, 0) is 23.8 Å². The summed E-state index contributed by atoms with van der Waals surface area (Å²) in [7, 11) is 0. The molecule has 0 radical (unpaired) electrons. The lowest BCUT2D eigenvalue weighted by atomic mass is 10.2. The van der Waals surface area contributed by atoms with Crippen LogP contribution in [-0.2, 0) is 13.1 Å². The van der Waals surface area contributed by atoms with Crippen molar-refractivity contribution >= 4 is 0 Å². The second-order valence-corrected chi connectivity index (χ2v) is 3.35. The summed E-state index contributed by atoms with van der Waals surface area (Å²) in [4.78, 5) is 0. The standard InChI is InChI=1S/C11H13N3O/c15-11-3-1-9(2-4-11)7-12-8-10-5-6-13-14-10/h1-6,12,15H,7-8H2,(H,13,14). The molecule has 3 N–H and O–H groups in total. The van der Waals surface area contributed by atoms with Crippen molar-refractivity contribution in [3.05, 3.63) is 47.8 Å². The Balaban J connectivity index is 1.81. The molecule has 1 heterocycles. The average Bonchev–Trinajstić information content (AvgIpc) is 2.74. The largest absolute Gasteiger partial charge is 0.508 e. The van der Waals surface area contributed by atoms with E-state index in [9.17, 15) is 0 Å². The molecule has 4 nitrogen and oxygen atoms in total. The Kier molecular flexibility index (Phi) is 2.99. The highest BCUT2D eigenvalue weighted by atomic mass is 16.3. The Labute approximate surface area is 88.0 Å². The van der Waals surface area contributed by atoms with Crippen molar-refractivity contribution in [3.63, 3.8) is 0 Å². The third kappa shape index (κ3) is 2.82. The molecule has 0 aliphatic rings. The zero-order chi connectivity index (χ0) is 10.5. The van der Waals surface area contributed by atoms with Crippen LogP contribution >= 0.6 is 0 Å². The van der Waals surface area contributed by atoms with Crippen LogP contribution in [0.5, 0.6) is 5.75 Å². The third-order valence-electron chi connectivity index (χ3n) is 2.14. The van der Waals surface area contributed by atoms with Gasteiger partial charge in [0.2, 0.25) is 0 Å². The predicted molar refractivity (Wildman–Crippen MR) is 57.2 cm³/mol. The molecule has 1 aromatic carbocycles. The van der Waals surface area contributed by atoms with Gasteiger partial charge in [0.25, 0.3) is 0 Å². The van der Waals surface area contributed by atoms with Crippen LogP contribution in [0, 0.1) is 0 Å². The quantitative estimate of drug-likeness (QED) is 0.704. The number of H-pyrrole nitrogens is 1. The molecule has 0 bridgehead atoms. The summed E-state index contributed by atoms with van der Waals surface area (Å²) in [5, 5.41) is 19.1. The van der Waals surface area contributed by atoms with E-state index in [1.54, 1.807) is 18.3 Å². The lowest BCUT2D eigenvalue weighted by Crippen LogP contribution is -2.12. The van der Waals surface area contributed by atoms with Crippen molar-refractivity contribution in [2.24, 2.45) is 0 Å². The van der Waals surface area contributed by atoms with Crippen molar-refractivity contribution < 1.29 is 5.11 Å². The molecule has 1 aromatic heterocycles. The van der Waals surface area contributed by atoms with Gasteiger partial charge in [0.1, 0.15) is 5.75 Å². The Morgan fingerprint density at radius 3 is 2.60 bits per heavy atom. The molecule has 0 amide bonds. The second kappa shape index (κ2) is 4.61. The molecule has 0 fully saturated rings. The van der Waals surface area contributed by atoms with E-state index in [1.165, 1.54) is 0 Å². The fourth-order valence-corrected chi connectivity index (χ4v) is 1.34. The van der Waals surface area contributed by atoms with Gasteiger partial charge in [0.05, 0.1) is 0 Å². The van der Waals surface area contributed by atoms with Gasteiger partial charge in [-0.25, -0.2) is 0 Å². The van der Waals surface area contributed by atoms with Crippen molar-refractivity contribution in [2.75, 3.05) is 0 Å². The number of benzene rings is 1. The summed E-state index contributed by atoms with van der Waals surface area (Å²) in [5.41, 5.74) is 2.21. The molecule has 0 saturated heterocycles. The first-order chi connectivity index (χ1) is 7.34. The number of aromatic hydroxyl groups is 1. The van der Waals surface area contributed by atoms with Crippen LogP contribution in [0.15, 0.2) is 36.5 Å². The minimum atomic E-state index is 0.298. The van der Waals surface area contributed by atoms with Crippen LogP contribution in [0.3, 0.4) is 0 Å². The first-order valence-electron chi connectivity index (χ1n) is 4.81. The number of phenols is 1. The molecule has 0 saturated carbocycles. The van der Waals surface area contributed by atoms with Crippen molar-refractivity contribution in [2.45, 2.75) is 13.1 Å². The highest BCUT2D eigenvalue weighted by Gasteiger charge is 1.95. The van der Waals surface area contributed by atoms with E-state index >= 15 is 0 Å². The van der Waals surface area contributed by atoms with Gasteiger partial charge in [-0.3, -0.25) is 5.10 Å². The Hall–Kier alpha value is -1.81. The van der Waals surface area contributed by atoms with Crippen LogP contribution in [0.25, 0.3) is 0 Å². The SMILES string of the molecule is Oc1ccc(CNCc2ccn[nH]2)cc1. The van der Waals surface area contributed by atoms with Gasteiger partial charge >= 0.3 is 0 Å². The molecule has 2 rings (SSSR count). The fraction of sp³-hybridized carbons (Fsp3) is 0.182. The molecule has 0 aliphatic heterocycles. The Morgan fingerprint density at radius 2 is 1.93 bits per heavy atom. The van der Waals surface area contributed by atoms with Gasteiger partial charge in [0, 0.05) is 25.0 Å². The van der Waals surface area contributed by atoms with Gasteiger partial charge in [0.15, 0.2) is 0 Å². The normalized spacial score (nSPS) is 10.4. The topological polar surface area (TPSA) is 60.9 Å². The van der Waals surface area contributed by atoms with E-state index < -0.39 is 0 Å². The van der Waals surface area contributed by atoms with Gasteiger partial charge in [-0.2, -0.15) is 5.10 Å². The molecule has 15 heavy (non-hydrogen) atoms. The summed E-state index contributed by atoms with van der Waals surface area (Å²) >= 11 is 0. The zero-order valence-electron chi connectivity index (χ0n) is 8.27. The highest BCUT2D eigenvalue weighted by Crippen LogP contribution is 2.09. The molecule has 4 heteroatoms. The number of hydrogen-bond donors (Lipinski definition) is 3. The van der Waals surface area contributed by atoms with Crippen LogP contribution in [0.1, 0.15) is 11.3 Å². The third-order valence-corrected chi connectivity index (χ3v) is 2.14. The first-order valence-corrected chi connectivity index (χ1v) is 4.81. The Morgan fingerprint density at radius 1 is 1.13 bits per heavy atom. The average molecular weight is 203 g/mol. The van der Waals surface area contributed by atoms with Crippen LogP contribution < -0.4 is 5.32 Å². The maximum absolute atomic E-state index is 9.10. The van der Waals surface area contributed by atoms with Gasteiger partial charge in [-0.1, -0.05) is 12.1 Å². The maximum Gasteiger partial charge on any atom is 0.115 e. The monoisotopic (exact) mass is 203 g/mol. The lowest BCUT2D eigenvalue weighted by molar-refractivity contribution is 0.475. The highest BCUT2D eigenvalue weighted by molar-refractivity contribution is 5.25. The van der Waals surface area contributed by atoms with Crippen molar-refractivity contribution in [1.29, 1.82) is 0 Å². The summed E-state index contributed by atoms with van der Waals surface area (Å²) in [6.45, 7) is 1.54. The smallest absolute Gasteiger partial charge is 0.115 e. The number of rotatable bonds is 4. The molecule has 0 aliphatic carbocycles. The van der Waals surface area contributed by atoms with E-state index in [1.807, 2.05) is 18.2 Å².